The maximum Gasteiger partial charge on any atom is 0.224 e. The van der Waals surface area contributed by atoms with Crippen LogP contribution in [0.2, 0.25) is 0 Å². The Balaban J connectivity index is 2.09. The third-order valence-corrected chi connectivity index (χ3v) is 3.08. The Morgan fingerprint density at radius 3 is 2.95 bits per heavy atom. The number of aliphatic hydroxyl groups is 1. The molecule has 2 rings (SSSR count). The summed E-state index contributed by atoms with van der Waals surface area (Å²) >= 11 is 0. The Hall–Kier alpha value is -1.79. The van der Waals surface area contributed by atoms with E-state index in [1.807, 2.05) is 25.1 Å². The normalized spacial score (nSPS) is 13.6. The molecule has 100 valence electrons. The van der Waals surface area contributed by atoms with Crippen molar-refractivity contribution in [3.05, 3.63) is 29.3 Å². The van der Waals surface area contributed by atoms with Gasteiger partial charge in [-0.1, -0.05) is 17.9 Å². The van der Waals surface area contributed by atoms with Gasteiger partial charge < -0.3 is 10.4 Å². The number of benzene rings is 1. The SMILES string of the molecule is Cc1ccc(NC(=O)CC2CC2)c(C#CCCO)c1. The highest BCUT2D eigenvalue weighted by Gasteiger charge is 2.24. The summed E-state index contributed by atoms with van der Waals surface area (Å²) in [5.41, 5.74) is 2.69. The molecule has 1 aromatic rings. The minimum absolute atomic E-state index is 0.0577. The second-order valence-corrected chi connectivity index (χ2v) is 5.02. The topological polar surface area (TPSA) is 49.3 Å². The van der Waals surface area contributed by atoms with Gasteiger partial charge in [-0.2, -0.15) is 0 Å². The molecular formula is C16H19NO2. The standard InChI is InChI=1S/C16H19NO2/c1-12-5-8-15(14(10-12)4-2-3-9-18)17-16(19)11-13-6-7-13/h5,8,10,13,18H,3,6-7,9,11H2,1H3,(H,17,19). The van der Waals surface area contributed by atoms with Crippen LogP contribution < -0.4 is 5.32 Å². The Morgan fingerprint density at radius 2 is 2.26 bits per heavy atom. The first-order chi connectivity index (χ1) is 9.19. The summed E-state index contributed by atoms with van der Waals surface area (Å²) in [6.07, 6.45) is 3.40. The zero-order valence-electron chi connectivity index (χ0n) is 11.2. The number of anilines is 1. The molecule has 1 aliphatic rings. The largest absolute Gasteiger partial charge is 0.395 e. The predicted octanol–water partition coefficient (Wildman–Crippen LogP) is 2.47. The van der Waals surface area contributed by atoms with Crippen LogP contribution >= 0.6 is 0 Å². The molecule has 0 radical (unpaired) electrons. The van der Waals surface area contributed by atoms with Gasteiger partial charge in [0.1, 0.15) is 0 Å². The lowest BCUT2D eigenvalue weighted by Gasteiger charge is -2.08. The van der Waals surface area contributed by atoms with Gasteiger partial charge in [0.25, 0.3) is 0 Å². The summed E-state index contributed by atoms with van der Waals surface area (Å²) in [7, 11) is 0. The highest BCUT2D eigenvalue weighted by molar-refractivity contribution is 5.92. The van der Waals surface area contributed by atoms with E-state index in [-0.39, 0.29) is 12.5 Å². The molecule has 0 aromatic heterocycles. The Kier molecular flexibility index (Phi) is 4.59. The third kappa shape index (κ3) is 4.42. The van der Waals surface area contributed by atoms with Crippen LogP contribution in [0.3, 0.4) is 0 Å². The van der Waals surface area contributed by atoms with E-state index in [1.165, 1.54) is 12.8 Å². The van der Waals surface area contributed by atoms with Crippen LogP contribution in [0.4, 0.5) is 5.69 Å². The number of nitrogens with one attached hydrogen (secondary N) is 1. The molecule has 0 heterocycles. The van der Waals surface area contributed by atoms with Gasteiger partial charge in [0.05, 0.1) is 12.3 Å². The molecule has 0 spiro atoms. The van der Waals surface area contributed by atoms with E-state index in [0.717, 1.165) is 16.8 Å². The fourth-order valence-electron chi connectivity index (χ4n) is 1.87. The smallest absolute Gasteiger partial charge is 0.224 e. The molecule has 2 N–H and O–H groups in total. The zero-order valence-corrected chi connectivity index (χ0v) is 11.2. The number of carbonyl (C=O) groups excluding carboxylic acids is 1. The molecule has 3 heteroatoms. The zero-order chi connectivity index (χ0) is 13.7. The Labute approximate surface area is 114 Å². The predicted molar refractivity (Wildman–Crippen MR) is 75.7 cm³/mol. The summed E-state index contributed by atoms with van der Waals surface area (Å²) in [6.45, 7) is 2.05. The second-order valence-electron chi connectivity index (χ2n) is 5.02. The van der Waals surface area contributed by atoms with Crippen LogP contribution in [0, 0.1) is 24.7 Å². The van der Waals surface area contributed by atoms with Gasteiger partial charge >= 0.3 is 0 Å². The first-order valence-electron chi connectivity index (χ1n) is 6.69. The first-order valence-corrected chi connectivity index (χ1v) is 6.69. The maximum absolute atomic E-state index is 11.8. The van der Waals surface area contributed by atoms with E-state index in [2.05, 4.69) is 17.2 Å². The van der Waals surface area contributed by atoms with E-state index in [0.29, 0.717) is 18.8 Å². The molecular weight excluding hydrogens is 238 g/mol. The van der Waals surface area contributed by atoms with Crippen LogP contribution in [0.25, 0.3) is 0 Å². The van der Waals surface area contributed by atoms with Crippen molar-refractivity contribution in [2.24, 2.45) is 5.92 Å². The summed E-state index contributed by atoms with van der Waals surface area (Å²) in [6, 6.07) is 5.81. The molecule has 1 fully saturated rings. The third-order valence-electron chi connectivity index (χ3n) is 3.08. The van der Waals surface area contributed by atoms with E-state index in [4.69, 9.17) is 5.11 Å². The molecule has 3 nitrogen and oxygen atoms in total. The Morgan fingerprint density at radius 1 is 1.47 bits per heavy atom. The van der Waals surface area contributed by atoms with E-state index in [1.54, 1.807) is 0 Å². The first kappa shape index (κ1) is 13.6. The van der Waals surface area contributed by atoms with Crippen LogP contribution in [-0.2, 0) is 4.79 Å². The van der Waals surface area contributed by atoms with Crippen molar-refractivity contribution < 1.29 is 9.90 Å². The van der Waals surface area contributed by atoms with Gasteiger partial charge in [0.2, 0.25) is 5.91 Å². The number of amides is 1. The Bertz CT molecular complexity index is 521. The minimum atomic E-state index is 0.0577. The number of rotatable bonds is 4. The molecule has 19 heavy (non-hydrogen) atoms. The van der Waals surface area contributed by atoms with Crippen molar-refractivity contribution in [3.63, 3.8) is 0 Å². The monoisotopic (exact) mass is 257 g/mol. The summed E-state index contributed by atoms with van der Waals surface area (Å²) in [5.74, 6) is 6.54. The van der Waals surface area contributed by atoms with E-state index in [9.17, 15) is 4.79 Å². The van der Waals surface area contributed by atoms with Crippen molar-refractivity contribution in [1.29, 1.82) is 0 Å². The molecule has 1 aromatic carbocycles. The lowest BCUT2D eigenvalue weighted by molar-refractivity contribution is -0.116. The maximum atomic E-state index is 11.8. The highest BCUT2D eigenvalue weighted by atomic mass is 16.2. The van der Waals surface area contributed by atoms with Crippen LogP contribution in [0.15, 0.2) is 18.2 Å². The molecule has 1 saturated carbocycles. The highest BCUT2D eigenvalue weighted by Crippen LogP contribution is 2.32. The number of carbonyl (C=O) groups is 1. The summed E-state index contributed by atoms with van der Waals surface area (Å²) in [4.78, 5) is 11.8. The van der Waals surface area contributed by atoms with Crippen LogP contribution in [-0.4, -0.2) is 17.6 Å². The van der Waals surface area contributed by atoms with Crippen molar-refractivity contribution in [2.75, 3.05) is 11.9 Å². The fraction of sp³-hybridized carbons (Fsp3) is 0.438. The van der Waals surface area contributed by atoms with Crippen molar-refractivity contribution in [3.8, 4) is 11.8 Å². The van der Waals surface area contributed by atoms with Gasteiger partial charge in [-0.25, -0.2) is 0 Å². The van der Waals surface area contributed by atoms with Gasteiger partial charge in [0, 0.05) is 18.4 Å². The molecule has 0 atom stereocenters. The molecule has 0 unspecified atom stereocenters. The summed E-state index contributed by atoms with van der Waals surface area (Å²) < 4.78 is 0. The molecule has 0 saturated heterocycles. The van der Waals surface area contributed by atoms with Gasteiger partial charge in [0.15, 0.2) is 0 Å². The van der Waals surface area contributed by atoms with E-state index >= 15 is 0 Å². The number of aliphatic hydroxyl groups excluding tert-OH is 1. The summed E-state index contributed by atoms with van der Waals surface area (Å²) in [5, 5.41) is 11.7. The van der Waals surface area contributed by atoms with E-state index < -0.39 is 0 Å². The average Bonchev–Trinajstić information content (AvgIpc) is 3.16. The number of aryl methyl sites for hydroxylation is 1. The van der Waals surface area contributed by atoms with Crippen molar-refractivity contribution in [1.82, 2.24) is 0 Å². The molecule has 0 bridgehead atoms. The molecule has 0 aliphatic heterocycles. The fourth-order valence-corrected chi connectivity index (χ4v) is 1.87. The lowest BCUT2D eigenvalue weighted by Crippen LogP contribution is -2.13. The molecule has 1 aliphatic carbocycles. The quantitative estimate of drug-likeness (QED) is 0.814. The van der Waals surface area contributed by atoms with Crippen molar-refractivity contribution in [2.45, 2.75) is 32.6 Å². The minimum Gasteiger partial charge on any atom is -0.395 e. The number of hydrogen-bond acceptors (Lipinski definition) is 2. The lowest BCUT2D eigenvalue weighted by atomic mass is 10.1. The second kappa shape index (κ2) is 6.40. The van der Waals surface area contributed by atoms with Crippen LogP contribution in [0.5, 0.6) is 0 Å². The number of hydrogen-bond donors (Lipinski definition) is 2. The van der Waals surface area contributed by atoms with Gasteiger partial charge in [-0.05, 0) is 43.4 Å². The average molecular weight is 257 g/mol. The van der Waals surface area contributed by atoms with Gasteiger partial charge in [-0.15, -0.1) is 0 Å². The van der Waals surface area contributed by atoms with Crippen LogP contribution in [0.1, 0.15) is 36.8 Å². The molecule has 1 amide bonds. The van der Waals surface area contributed by atoms with Crippen molar-refractivity contribution >= 4 is 11.6 Å². The van der Waals surface area contributed by atoms with Gasteiger partial charge in [-0.3, -0.25) is 4.79 Å².